The highest BCUT2D eigenvalue weighted by atomic mass is 16.5. The third kappa shape index (κ3) is 3.06. The van der Waals surface area contributed by atoms with Crippen molar-refractivity contribution in [2.45, 2.75) is 32.6 Å². The van der Waals surface area contributed by atoms with E-state index in [1.807, 2.05) is 13.0 Å². The van der Waals surface area contributed by atoms with E-state index in [1.165, 1.54) is 10.5 Å². The highest BCUT2D eigenvalue weighted by Crippen LogP contribution is 2.39. The van der Waals surface area contributed by atoms with Gasteiger partial charge in [-0.2, -0.15) is 0 Å². The molecule has 0 amide bonds. The summed E-state index contributed by atoms with van der Waals surface area (Å²) in [5, 5.41) is 3.17. The van der Waals surface area contributed by atoms with E-state index in [4.69, 9.17) is 4.74 Å². The van der Waals surface area contributed by atoms with Crippen molar-refractivity contribution in [2.24, 2.45) is 5.41 Å². The van der Waals surface area contributed by atoms with Crippen molar-refractivity contribution in [3.63, 3.8) is 0 Å². The van der Waals surface area contributed by atoms with Crippen molar-refractivity contribution in [2.75, 3.05) is 18.5 Å². The van der Waals surface area contributed by atoms with Gasteiger partial charge < -0.3 is 10.1 Å². The van der Waals surface area contributed by atoms with Gasteiger partial charge in [0.2, 0.25) is 0 Å². The average Bonchev–Trinajstić information content (AvgIpc) is 3.04. The molecule has 1 saturated carbocycles. The van der Waals surface area contributed by atoms with Crippen molar-refractivity contribution in [1.82, 2.24) is 9.38 Å². The number of carbonyl (C=O) groups excluding carboxylic acids is 1. The number of nitrogens with one attached hydrogen (secondary N) is 1. The molecule has 2 aromatic heterocycles. The van der Waals surface area contributed by atoms with Gasteiger partial charge in [0.1, 0.15) is 11.5 Å². The number of rotatable bonds is 5. The lowest BCUT2D eigenvalue weighted by molar-refractivity contribution is -0.154. The van der Waals surface area contributed by atoms with Crippen LogP contribution in [0.3, 0.4) is 0 Å². The van der Waals surface area contributed by atoms with Gasteiger partial charge in [-0.3, -0.25) is 14.0 Å². The van der Waals surface area contributed by atoms with Crippen LogP contribution in [0.5, 0.6) is 0 Å². The second kappa shape index (κ2) is 6.40. The molecule has 6 heteroatoms. The summed E-state index contributed by atoms with van der Waals surface area (Å²) in [4.78, 5) is 28.9. The maximum Gasteiger partial charge on any atom is 0.313 e. The van der Waals surface area contributed by atoms with Gasteiger partial charge >= 0.3 is 5.97 Å². The zero-order valence-electron chi connectivity index (χ0n) is 13.2. The molecule has 3 rings (SSSR count). The minimum atomic E-state index is -0.500. The molecule has 0 atom stereocenters. The molecule has 0 unspecified atom stereocenters. The fourth-order valence-electron chi connectivity index (χ4n) is 3.19. The van der Waals surface area contributed by atoms with Gasteiger partial charge in [0.05, 0.1) is 12.0 Å². The van der Waals surface area contributed by atoms with Crippen LogP contribution in [0, 0.1) is 5.41 Å². The van der Waals surface area contributed by atoms with Gasteiger partial charge in [0.25, 0.3) is 5.56 Å². The summed E-state index contributed by atoms with van der Waals surface area (Å²) in [5.74, 6) is 0.347. The van der Waals surface area contributed by atoms with E-state index in [0.29, 0.717) is 24.6 Å². The lowest BCUT2D eigenvalue weighted by atomic mass is 9.86. The molecule has 1 aliphatic rings. The first-order valence-corrected chi connectivity index (χ1v) is 8.04. The number of ether oxygens (including phenoxy) is 1. The van der Waals surface area contributed by atoms with Gasteiger partial charge in [0.15, 0.2) is 0 Å². The van der Waals surface area contributed by atoms with Crippen LogP contribution in [-0.2, 0) is 9.53 Å². The molecule has 23 heavy (non-hydrogen) atoms. The molecule has 0 spiro atoms. The maximum absolute atomic E-state index is 12.3. The summed E-state index contributed by atoms with van der Waals surface area (Å²) in [6.07, 6.45) is 5.35. The molecule has 0 radical (unpaired) electrons. The number of anilines is 1. The zero-order valence-corrected chi connectivity index (χ0v) is 13.2. The summed E-state index contributed by atoms with van der Waals surface area (Å²) in [5.41, 5.74) is -0.0618. The molecule has 0 aliphatic heterocycles. The maximum atomic E-state index is 12.3. The van der Waals surface area contributed by atoms with E-state index in [2.05, 4.69) is 10.3 Å². The van der Waals surface area contributed by atoms with E-state index < -0.39 is 5.41 Å². The number of hydrogen-bond donors (Lipinski definition) is 1. The van der Waals surface area contributed by atoms with Crippen LogP contribution in [0.2, 0.25) is 0 Å². The fraction of sp³-hybridized carbons (Fsp3) is 0.471. The third-order valence-corrected chi connectivity index (χ3v) is 4.45. The molecule has 1 fully saturated rings. The quantitative estimate of drug-likeness (QED) is 0.857. The third-order valence-electron chi connectivity index (χ3n) is 4.45. The van der Waals surface area contributed by atoms with Crippen molar-refractivity contribution in [3.8, 4) is 0 Å². The minimum absolute atomic E-state index is 0.144. The molecule has 1 aliphatic carbocycles. The Bertz CT molecular complexity index is 763. The number of carbonyl (C=O) groups is 1. The Labute approximate surface area is 134 Å². The summed E-state index contributed by atoms with van der Waals surface area (Å²) in [6, 6.07) is 6.87. The predicted octanol–water partition coefficient (Wildman–Crippen LogP) is 2.23. The molecule has 2 aromatic rings. The summed E-state index contributed by atoms with van der Waals surface area (Å²) in [6.45, 7) is 2.65. The molecule has 1 N–H and O–H groups in total. The lowest BCUT2D eigenvalue weighted by Crippen LogP contribution is -2.37. The van der Waals surface area contributed by atoms with Crippen LogP contribution in [0.25, 0.3) is 5.65 Å². The van der Waals surface area contributed by atoms with Crippen LogP contribution in [0.1, 0.15) is 32.6 Å². The SMILES string of the molecule is CCOC(=O)C1(CNc2cc(=O)n3ccccc3n2)CCCC1. The van der Waals surface area contributed by atoms with E-state index in [0.717, 1.165) is 25.7 Å². The Hall–Kier alpha value is -2.37. The fourth-order valence-corrected chi connectivity index (χ4v) is 3.19. The second-order valence-corrected chi connectivity index (χ2v) is 5.97. The largest absolute Gasteiger partial charge is 0.466 e. The predicted molar refractivity (Wildman–Crippen MR) is 87.5 cm³/mol. The van der Waals surface area contributed by atoms with Gasteiger partial charge in [0, 0.05) is 18.8 Å². The Kier molecular flexibility index (Phi) is 4.32. The molecule has 0 aromatic carbocycles. The van der Waals surface area contributed by atoms with Gasteiger partial charge in [-0.05, 0) is 31.9 Å². The van der Waals surface area contributed by atoms with Crippen LogP contribution in [0.15, 0.2) is 35.3 Å². The number of esters is 1. The minimum Gasteiger partial charge on any atom is -0.466 e. The van der Waals surface area contributed by atoms with Crippen LogP contribution >= 0.6 is 0 Å². The highest BCUT2D eigenvalue weighted by Gasteiger charge is 2.42. The van der Waals surface area contributed by atoms with Crippen LogP contribution in [0.4, 0.5) is 5.82 Å². The lowest BCUT2D eigenvalue weighted by Gasteiger charge is -2.26. The molecular weight excluding hydrogens is 294 g/mol. The summed E-state index contributed by atoms with van der Waals surface area (Å²) in [7, 11) is 0. The first kappa shape index (κ1) is 15.5. The van der Waals surface area contributed by atoms with Crippen LogP contribution in [-0.4, -0.2) is 28.5 Å². The number of fused-ring (bicyclic) bond motifs is 1. The van der Waals surface area contributed by atoms with Gasteiger partial charge in [-0.25, -0.2) is 4.98 Å². The Balaban J connectivity index is 1.81. The number of hydrogen-bond acceptors (Lipinski definition) is 5. The van der Waals surface area contributed by atoms with E-state index >= 15 is 0 Å². The van der Waals surface area contributed by atoms with Crippen LogP contribution < -0.4 is 10.9 Å². The average molecular weight is 315 g/mol. The molecule has 0 saturated heterocycles. The first-order valence-electron chi connectivity index (χ1n) is 8.04. The van der Waals surface area contributed by atoms with E-state index in [1.54, 1.807) is 18.3 Å². The Morgan fingerprint density at radius 2 is 2.17 bits per heavy atom. The zero-order chi connectivity index (χ0) is 16.3. The Morgan fingerprint density at radius 1 is 1.39 bits per heavy atom. The standard InChI is InChI=1S/C17H21N3O3/c1-2-23-16(22)17(8-4-5-9-17)12-18-13-11-15(21)20-10-6-3-7-14(20)19-13/h3,6-7,10-11,18H,2,4-5,8-9,12H2,1H3. The second-order valence-electron chi connectivity index (χ2n) is 5.97. The monoisotopic (exact) mass is 315 g/mol. The number of pyridine rings is 1. The van der Waals surface area contributed by atoms with Crippen molar-refractivity contribution in [3.05, 3.63) is 40.8 Å². The summed E-state index contributed by atoms with van der Waals surface area (Å²) >= 11 is 0. The summed E-state index contributed by atoms with van der Waals surface area (Å²) < 4.78 is 6.73. The van der Waals surface area contributed by atoms with E-state index in [9.17, 15) is 9.59 Å². The molecule has 122 valence electrons. The van der Waals surface area contributed by atoms with Gasteiger partial charge in [-0.15, -0.1) is 0 Å². The topological polar surface area (TPSA) is 72.7 Å². The Morgan fingerprint density at radius 3 is 2.91 bits per heavy atom. The normalized spacial score (nSPS) is 16.4. The number of aromatic nitrogens is 2. The van der Waals surface area contributed by atoms with Crippen molar-refractivity contribution >= 4 is 17.4 Å². The molecule has 2 heterocycles. The van der Waals surface area contributed by atoms with E-state index in [-0.39, 0.29) is 11.5 Å². The van der Waals surface area contributed by atoms with Gasteiger partial charge in [-0.1, -0.05) is 18.9 Å². The molecule has 0 bridgehead atoms. The number of nitrogens with zero attached hydrogens (tertiary/aromatic N) is 2. The van der Waals surface area contributed by atoms with Crippen molar-refractivity contribution < 1.29 is 9.53 Å². The first-order chi connectivity index (χ1) is 11.1. The highest BCUT2D eigenvalue weighted by molar-refractivity contribution is 5.78. The molecule has 6 nitrogen and oxygen atoms in total. The molecular formula is C17H21N3O3. The van der Waals surface area contributed by atoms with Crippen molar-refractivity contribution in [1.29, 1.82) is 0 Å². The smallest absolute Gasteiger partial charge is 0.313 e.